The number of amides is 1. The highest BCUT2D eigenvalue weighted by atomic mass is 79.9. The SMILES string of the molecule is CCOc1cc(/C=C(\C#N)C(=O)Nc2cc(C)ccc2C)cc(Br)c1Cc1ccccc1Cl. The Morgan fingerprint density at radius 3 is 2.64 bits per heavy atom. The zero-order chi connectivity index (χ0) is 24.0. The monoisotopic (exact) mass is 522 g/mol. The van der Waals surface area contributed by atoms with Gasteiger partial charge in [0.15, 0.2) is 0 Å². The lowest BCUT2D eigenvalue weighted by Crippen LogP contribution is -2.14. The van der Waals surface area contributed by atoms with Gasteiger partial charge in [0.2, 0.25) is 0 Å². The Labute approximate surface area is 208 Å². The molecule has 0 saturated heterocycles. The van der Waals surface area contributed by atoms with Crippen molar-refractivity contribution in [3.05, 3.63) is 97.5 Å². The first-order chi connectivity index (χ1) is 15.8. The molecule has 3 aromatic rings. The van der Waals surface area contributed by atoms with Crippen LogP contribution in [0.2, 0.25) is 5.02 Å². The summed E-state index contributed by atoms with van der Waals surface area (Å²) in [5.41, 5.74) is 5.25. The summed E-state index contributed by atoms with van der Waals surface area (Å²) in [6, 6.07) is 19.2. The second-order valence-electron chi connectivity index (χ2n) is 7.62. The van der Waals surface area contributed by atoms with E-state index >= 15 is 0 Å². The molecule has 0 bridgehead atoms. The lowest BCUT2D eigenvalue weighted by atomic mass is 10.0. The summed E-state index contributed by atoms with van der Waals surface area (Å²) in [4.78, 5) is 12.8. The molecule has 0 aliphatic rings. The number of nitrogens with zero attached hydrogens (tertiary/aromatic N) is 1. The molecule has 0 saturated carbocycles. The van der Waals surface area contributed by atoms with Crippen molar-refractivity contribution in [2.45, 2.75) is 27.2 Å². The van der Waals surface area contributed by atoms with E-state index in [1.807, 2.05) is 81.4 Å². The molecule has 0 fully saturated rings. The van der Waals surface area contributed by atoms with Crippen LogP contribution in [0.3, 0.4) is 0 Å². The predicted molar refractivity (Wildman–Crippen MR) is 138 cm³/mol. The third-order valence-corrected chi connectivity index (χ3v) is 6.20. The van der Waals surface area contributed by atoms with E-state index in [2.05, 4.69) is 21.2 Å². The number of hydrogen-bond donors (Lipinski definition) is 1. The Morgan fingerprint density at radius 2 is 1.94 bits per heavy atom. The van der Waals surface area contributed by atoms with Gasteiger partial charge in [-0.3, -0.25) is 4.79 Å². The molecule has 0 atom stereocenters. The number of benzene rings is 3. The average Bonchev–Trinajstić information content (AvgIpc) is 2.78. The Hall–Kier alpha value is -3.07. The van der Waals surface area contributed by atoms with Gasteiger partial charge in [-0.25, -0.2) is 0 Å². The second-order valence-corrected chi connectivity index (χ2v) is 8.88. The van der Waals surface area contributed by atoms with E-state index in [-0.39, 0.29) is 5.57 Å². The van der Waals surface area contributed by atoms with E-state index in [1.165, 1.54) is 0 Å². The van der Waals surface area contributed by atoms with Crippen LogP contribution < -0.4 is 10.1 Å². The molecule has 1 amide bonds. The molecule has 0 unspecified atom stereocenters. The summed E-state index contributed by atoms with van der Waals surface area (Å²) < 4.78 is 6.70. The highest BCUT2D eigenvalue weighted by molar-refractivity contribution is 9.10. The summed E-state index contributed by atoms with van der Waals surface area (Å²) in [5, 5.41) is 13.2. The molecular formula is C27H24BrClN2O2. The molecule has 0 heterocycles. The summed E-state index contributed by atoms with van der Waals surface area (Å²) in [6.45, 7) is 6.25. The third-order valence-electron chi connectivity index (χ3n) is 5.12. The third kappa shape index (κ3) is 6.25. The van der Waals surface area contributed by atoms with Gasteiger partial charge >= 0.3 is 0 Å². The Bertz CT molecular complexity index is 1260. The highest BCUT2D eigenvalue weighted by Crippen LogP contribution is 2.33. The van der Waals surface area contributed by atoms with Gasteiger partial charge in [0, 0.05) is 27.2 Å². The van der Waals surface area contributed by atoms with Crippen LogP contribution in [0.5, 0.6) is 5.75 Å². The molecule has 0 aliphatic carbocycles. The van der Waals surface area contributed by atoms with Crippen LogP contribution in [-0.2, 0) is 11.2 Å². The number of carbonyl (C=O) groups excluding carboxylic acids is 1. The summed E-state index contributed by atoms with van der Waals surface area (Å²) >= 11 is 9.99. The first-order valence-electron chi connectivity index (χ1n) is 10.5. The maximum absolute atomic E-state index is 12.8. The molecule has 0 radical (unpaired) electrons. The van der Waals surface area contributed by atoms with Crippen molar-refractivity contribution in [2.75, 3.05) is 11.9 Å². The quantitative estimate of drug-likeness (QED) is 0.262. The number of nitriles is 1. The molecule has 4 nitrogen and oxygen atoms in total. The molecule has 0 aromatic heterocycles. The average molecular weight is 524 g/mol. The van der Waals surface area contributed by atoms with Crippen LogP contribution in [-0.4, -0.2) is 12.5 Å². The van der Waals surface area contributed by atoms with Gasteiger partial charge in [-0.05, 0) is 73.4 Å². The fourth-order valence-corrected chi connectivity index (χ4v) is 4.18. The van der Waals surface area contributed by atoms with Crippen LogP contribution in [0.1, 0.15) is 34.7 Å². The van der Waals surface area contributed by atoms with Crippen molar-refractivity contribution >= 4 is 45.2 Å². The first-order valence-corrected chi connectivity index (χ1v) is 11.7. The largest absolute Gasteiger partial charge is 0.494 e. The smallest absolute Gasteiger partial charge is 0.266 e. The van der Waals surface area contributed by atoms with E-state index in [4.69, 9.17) is 16.3 Å². The number of halogens is 2. The van der Waals surface area contributed by atoms with Gasteiger partial charge in [0.1, 0.15) is 17.4 Å². The molecular weight excluding hydrogens is 500 g/mol. The minimum atomic E-state index is -0.458. The minimum absolute atomic E-state index is 0.00380. The number of ether oxygens (including phenoxy) is 1. The van der Waals surface area contributed by atoms with Gasteiger partial charge in [-0.1, -0.05) is 57.9 Å². The molecule has 3 aromatic carbocycles. The highest BCUT2D eigenvalue weighted by Gasteiger charge is 2.15. The van der Waals surface area contributed by atoms with Crippen LogP contribution in [0.4, 0.5) is 5.69 Å². The summed E-state index contributed by atoms with van der Waals surface area (Å²) in [5.74, 6) is 0.214. The number of rotatable bonds is 7. The molecule has 1 N–H and O–H groups in total. The molecule has 33 heavy (non-hydrogen) atoms. The van der Waals surface area contributed by atoms with E-state index < -0.39 is 5.91 Å². The van der Waals surface area contributed by atoms with Crippen molar-refractivity contribution in [1.29, 1.82) is 5.26 Å². The van der Waals surface area contributed by atoms with Gasteiger partial charge in [0.25, 0.3) is 5.91 Å². The molecule has 0 aliphatic heterocycles. The zero-order valence-electron chi connectivity index (χ0n) is 18.7. The lowest BCUT2D eigenvalue weighted by molar-refractivity contribution is -0.112. The Morgan fingerprint density at radius 1 is 1.18 bits per heavy atom. The number of anilines is 1. The summed E-state index contributed by atoms with van der Waals surface area (Å²) in [7, 11) is 0. The van der Waals surface area contributed by atoms with E-state index in [1.54, 1.807) is 6.08 Å². The molecule has 3 rings (SSSR count). The first kappa shape index (κ1) is 24.6. The van der Waals surface area contributed by atoms with Crippen LogP contribution in [0, 0.1) is 25.2 Å². The second kappa shape index (κ2) is 11.2. The summed E-state index contributed by atoms with van der Waals surface area (Å²) in [6.07, 6.45) is 2.14. The number of aryl methyl sites for hydroxylation is 2. The number of nitrogens with one attached hydrogen (secondary N) is 1. The van der Waals surface area contributed by atoms with Crippen molar-refractivity contribution in [3.63, 3.8) is 0 Å². The fraction of sp³-hybridized carbons (Fsp3) is 0.185. The predicted octanol–water partition coefficient (Wildman–Crippen LogP) is 7.25. The topological polar surface area (TPSA) is 62.1 Å². The maximum atomic E-state index is 12.8. The number of carbonyl (C=O) groups is 1. The van der Waals surface area contributed by atoms with Gasteiger partial charge in [-0.15, -0.1) is 0 Å². The normalized spacial score (nSPS) is 11.1. The molecule has 168 valence electrons. The van der Waals surface area contributed by atoms with Crippen LogP contribution in [0.25, 0.3) is 6.08 Å². The van der Waals surface area contributed by atoms with E-state index in [0.717, 1.165) is 26.7 Å². The number of hydrogen-bond acceptors (Lipinski definition) is 3. The van der Waals surface area contributed by atoms with Gasteiger partial charge < -0.3 is 10.1 Å². The Balaban J connectivity index is 1.94. The molecule has 6 heteroatoms. The van der Waals surface area contributed by atoms with Crippen molar-refractivity contribution < 1.29 is 9.53 Å². The lowest BCUT2D eigenvalue weighted by Gasteiger charge is -2.15. The van der Waals surface area contributed by atoms with Crippen molar-refractivity contribution in [3.8, 4) is 11.8 Å². The van der Waals surface area contributed by atoms with E-state index in [9.17, 15) is 10.1 Å². The van der Waals surface area contributed by atoms with Crippen molar-refractivity contribution in [2.24, 2.45) is 0 Å². The Kier molecular flexibility index (Phi) is 8.32. The standard InChI is InChI=1S/C27H24BrClN2O2/c1-4-33-26-14-19(13-23(28)22(26)15-20-7-5-6-8-24(20)29)12-21(16-30)27(32)31-25-11-17(2)9-10-18(25)3/h5-14H,4,15H2,1-3H3,(H,31,32)/b21-12+. The minimum Gasteiger partial charge on any atom is -0.494 e. The fourth-order valence-electron chi connectivity index (χ4n) is 3.38. The van der Waals surface area contributed by atoms with Gasteiger partial charge in [-0.2, -0.15) is 5.26 Å². The van der Waals surface area contributed by atoms with E-state index in [0.29, 0.717) is 35.1 Å². The maximum Gasteiger partial charge on any atom is 0.266 e. The van der Waals surface area contributed by atoms with Gasteiger partial charge in [0.05, 0.1) is 6.61 Å². The van der Waals surface area contributed by atoms with Crippen LogP contribution >= 0.6 is 27.5 Å². The van der Waals surface area contributed by atoms with Crippen molar-refractivity contribution in [1.82, 2.24) is 0 Å². The van der Waals surface area contributed by atoms with Crippen LogP contribution in [0.15, 0.2) is 64.6 Å². The molecule has 0 spiro atoms. The zero-order valence-corrected chi connectivity index (χ0v) is 21.0.